The second-order valence-electron chi connectivity index (χ2n) is 4.45. The van der Waals surface area contributed by atoms with Gasteiger partial charge < -0.3 is 5.32 Å². The Kier molecular flexibility index (Phi) is 4.39. The molecule has 0 fully saturated rings. The van der Waals surface area contributed by atoms with Crippen LogP contribution in [0.2, 0.25) is 0 Å². The lowest BCUT2D eigenvalue weighted by Gasteiger charge is -2.16. The highest BCUT2D eigenvalue weighted by molar-refractivity contribution is 5.24. The lowest BCUT2D eigenvalue weighted by atomic mass is 10.1. The zero-order chi connectivity index (χ0) is 14.7. The molecule has 2 aromatic rings. The van der Waals surface area contributed by atoms with E-state index in [-0.39, 0.29) is 17.7 Å². The number of benzene rings is 2. The van der Waals surface area contributed by atoms with E-state index in [2.05, 4.69) is 5.32 Å². The van der Waals surface area contributed by atoms with Gasteiger partial charge in [0.2, 0.25) is 0 Å². The molecule has 0 saturated heterocycles. The third-order valence-corrected chi connectivity index (χ3v) is 3.06. The second-order valence-corrected chi connectivity index (χ2v) is 4.45. The molecule has 0 aliphatic carbocycles. The van der Waals surface area contributed by atoms with Crippen LogP contribution in [0.5, 0.6) is 0 Å². The van der Waals surface area contributed by atoms with E-state index in [1.54, 1.807) is 6.92 Å². The van der Waals surface area contributed by atoms with E-state index < -0.39 is 29.3 Å². The van der Waals surface area contributed by atoms with Gasteiger partial charge in [0.1, 0.15) is 11.6 Å². The molecule has 1 N–H and O–H groups in total. The predicted octanol–water partition coefficient (Wildman–Crippen LogP) is 4.09. The maximum Gasteiger partial charge on any atom is 0.163 e. The molecular formula is C15H13F4N. The summed E-state index contributed by atoms with van der Waals surface area (Å²) in [5, 5.41) is 2.78. The Hall–Kier alpha value is -1.88. The van der Waals surface area contributed by atoms with Crippen LogP contribution in [0.3, 0.4) is 0 Å². The van der Waals surface area contributed by atoms with Crippen LogP contribution in [-0.4, -0.2) is 0 Å². The van der Waals surface area contributed by atoms with E-state index in [1.807, 2.05) is 0 Å². The fourth-order valence-corrected chi connectivity index (χ4v) is 1.97. The first-order valence-electron chi connectivity index (χ1n) is 6.11. The Morgan fingerprint density at radius 2 is 1.45 bits per heavy atom. The minimum atomic E-state index is -0.957. The minimum absolute atomic E-state index is 0.0292. The average Bonchev–Trinajstić information content (AvgIpc) is 2.40. The number of nitrogens with one attached hydrogen (secondary N) is 1. The molecule has 20 heavy (non-hydrogen) atoms. The van der Waals surface area contributed by atoms with Crippen LogP contribution >= 0.6 is 0 Å². The first-order chi connectivity index (χ1) is 9.50. The maximum absolute atomic E-state index is 13.6. The molecule has 0 amide bonds. The van der Waals surface area contributed by atoms with E-state index in [1.165, 1.54) is 18.2 Å². The molecule has 1 nitrogen and oxygen atoms in total. The molecular weight excluding hydrogens is 270 g/mol. The molecule has 2 rings (SSSR count). The van der Waals surface area contributed by atoms with Gasteiger partial charge in [-0.3, -0.25) is 0 Å². The maximum atomic E-state index is 13.6. The summed E-state index contributed by atoms with van der Waals surface area (Å²) in [4.78, 5) is 0. The predicted molar refractivity (Wildman–Crippen MR) is 68.0 cm³/mol. The summed E-state index contributed by atoms with van der Waals surface area (Å²) in [6, 6.07) is 6.71. The molecule has 5 heteroatoms. The third-order valence-electron chi connectivity index (χ3n) is 3.06. The van der Waals surface area contributed by atoms with Crippen molar-refractivity contribution in [2.75, 3.05) is 0 Å². The van der Waals surface area contributed by atoms with Crippen molar-refractivity contribution < 1.29 is 17.6 Å². The number of hydrogen-bond donors (Lipinski definition) is 1. The molecule has 2 aromatic carbocycles. The summed E-state index contributed by atoms with van der Waals surface area (Å²) >= 11 is 0. The van der Waals surface area contributed by atoms with Gasteiger partial charge in [-0.25, -0.2) is 17.6 Å². The van der Waals surface area contributed by atoms with Crippen molar-refractivity contribution in [2.45, 2.75) is 19.5 Å². The van der Waals surface area contributed by atoms with Crippen molar-refractivity contribution in [1.29, 1.82) is 0 Å². The van der Waals surface area contributed by atoms with Crippen molar-refractivity contribution in [3.05, 3.63) is 70.8 Å². The fraction of sp³-hybridized carbons (Fsp3) is 0.200. The quantitative estimate of drug-likeness (QED) is 0.833. The van der Waals surface area contributed by atoms with E-state index in [0.29, 0.717) is 0 Å². The topological polar surface area (TPSA) is 12.0 Å². The Labute approximate surface area is 114 Å². The van der Waals surface area contributed by atoms with Gasteiger partial charge in [-0.2, -0.15) is 0 Å². The summed E-state index contributed by atoms with van der Waals surface area (Å²) < 4.78 is 53.6. The van der Waals surface area contributed by atoms with Crippen LogP contribution in [0.4, 0.5) is 17.6 Å². The summed E-state index contributed by atoms with van der Waals surface area (Å²) in [5.41, 5.74) is -0.0158. The van der Waals surface area contributed by atoms with Crippen LogP contribution in [0, 0.1) is 23.3 Å². The normalized spacial score (nSPS) is 12.4. The number of rotatable bonds is 4. The van der Waals surface area contributed by atoms with Crippen LogP contribution < -0.4 is 5.32 Å². The number of hydrogen-bond acceptors (Lipinski definition) is 1. The molecule has 0 aliphatic rings. The van der Waals surface area contributed by atoms with Gasteiger partial charge in [-0.15, -0.1) is 0 Å². The molecule has 0 spiro atoms. The molecule has 0 radical (unpaired) electrons. The van der Waals surface area contributed by atoms with Crippen molar-refractivity contribution in [1.82, 2.24) is 5.32 Å². The van der Waals surface area contributed by atoms with Crippen LogP contribution in [0.1, 0.15) is 24.1 Å². The van der Waals surface area contributed by atoms with E-state index in [9.17, 15) is 17.6 Å². The highest BCUT2D eigenvalue weighted by atomic mass is 19.2. The van der Waals surface area contributed by atoms with E-state index in [4.69, 9.17) is 0 Å². The van der Waals surface area contributed by atoms with Gasteiger partial charge in [0.05, 0.1) is 0 Å². The lowest BCUT2D eigenvalue weighted by molar-refractivity contribution is 0.466. The Morgan fingerprint density at radius 1 is 0.900 bits per heavy atom. The van der Waals surface area contributed by atoms with Crippen LogP contribution in [0.15, 0.2) is 36.4 Å². The summed E-state index contributed by atoms with van der Waals surface area (Å²) in [5.74, 6) is -3.26. The van der Waals surface area contributed by atoms with Gasteiger partial charge in [-0.05, 0) is 25.1 Å². The largest absolute Gasteiger partial charge is 0.306 e. The number of halogens is 4. The molecule has 0 aliphatic heterocycles. The van der Waals surface area contributed by atoms with Gasteiger partial charge in [0.15, 0.2) is 11.6 Å². The van der Waals surface area contributed by atoms with Crippen LogP contribution in [-0.2, 0) is 6.54 Å². The fourth-order valence-electron chi connectivity index (χ4n) is 1.97. The Bertz CT molecular complexity index is 593. The van der Waals surface area contributed by atoms with Crippen molar-refractivity contribution in [3.8, 4) is 0 Å². The molecule has 0 heterocycles. The smallest absolute Gasteiger partial charge is 0.163 e. The SMILES string of the molecule is CC(NCc1cccc(F)c1F)c1c(F)cccc1F. The highest BCUT2D eigenvalue weighted by Gasteiger charge is 2.16. The van der Waals surface area contributed by atoms with E-state index >= 15 is 0 Å². The zero-order valence-electron chi connectivity index (χ0n) is 10.8. The van der Waals surface area contributed by atoms with Crippen LogP contribution in [0.25, 0.3) is 0 Å². The molecule has 0 aromatic heterocycles. The Morgan fingerprint density at radius 3 is 2.10 bits per heavy atom. The molecule has 1 unspecified atom stereocenters. The average molecular weight is 283 g/mol. The molecule has 0 saturated carbocycles. The minimum Gasteiger partial charge on any atom is -0.306 e. The molecule has 1 atom stereocenters. The second kappa shape index (κ2) is 6.05. The summed E-state index contributed by atoms with van der Waals surface area (Å²) in [6.45, 7) is 1.53. The first kappa shape index (κ1) is 14.5. The first-order valence-corrected chi connectivity index (χ1v) is 6.11. The van der Waals surface area contributed by atoms with Crippen molar-refractivity contribution in [2.24, 2.45) is 0 Å². The highest BCUT2D eigenvalue weighted by Crippen LogP contribution is 2.21. The van der Waals surface area contributed by atoms with Gasteiger partial charge >= 0.3 is 0 Å². The molecule has 106 valence electrons. The van der Waals surface area contributed by atoms with Crippen molar-refractivity contribution in [3.63, 3.8) is 0 Å². The van der Waals surface area contributed by atoms with Crippen molar-refractivity contribution >= 4 is 0 Å². The monoisotopic (exact) mass is 283 g/mol. The van der Waals surface area contributed by atoms with E-state index in [0.717, 1.165) is 18.2 Å². The van der Waals surface area contributed by atoms with Gasteiger partial charge in [0, 0.05) is 23.7 Å². The van der Waals surface area contributed by atoms with Gasteiger partial charge in [-0.1, -0.05) is 18.2 Å². The lowest BCUT2D eigenvalue weighted by Crippen LogP contribution is -2.21. The zero-order valence-corrected chi connectivity index (χ0v) is 10.8. The summed E-state index contributed by atoms with van der Waals surface area (Å²) in [6.07, 6.45) is 0. The summed E-state index contributed by atoms with van der Waals surface area (Å²) in [7, 11) is 0. The third kappa shape index (κ3) is 2.99. The Balaban J connectivity index is 2.13. The standard InChI is InChI=1S/C15H13F4N/c1-9(14-11(16)5-3-6-12(14)17)20-8-10-4-2-7-13(18)15(10)19/h2-7,9,20H,8H2,1H3. The van der Waals surface area contributed by atoms with Gasteiger partial charge in [0.25, 0.3) is 0 Å². The molecule has 0 bridgehead atoms.